The van der Waals surface area contributed by atoms with E-state index in [-0.39, 0.29) is 5.91 Å². The Kier molecular flexibility index (Phi) is 4.50. The van der Waals surface area contributed by atoms with Crippen LogP contribution in [0.1, 0.15) is 33.7 Å². The highest BCUT2D eigenvalue weighted by Gasteiger charge is 2.42. The van der Waals surface area contributed by atoms with Crippen molar-refractivity contribution in [2.45, 2.75) is 18.6 Å². The fourth-order valence-corrected chi connectivity index (χ4v) is 3.85. The SMILES string of the molecule is O=C(NC1(c2ccc(CF)nc2)CCOc2cccnc21)c1ccc2oc(=O)[nH]c2c1. The van der Waals surface area contributed by atoms with Crippen molar-refractivity contribution in [2.24, 2.45) is 0 Å². The van der Waals surface area contributed by atoms with Gasteiger partial charge in [0.05, 0.1) is 17.8 Å². The molecule has 4 aromatic rings. The van der Waals surface area contributed by atoms with Gasteiger partial charge in [-0.3, -0.25) is 19.7 Å². The Balaban J connectivity index is 1.60. The number of pyridine rings is 2. The van der Waals surface area contributed by atoms with Gasteiger partial charge < -0.3 is 14.5 Å². The fourth-order valence-electron chi connectivity index (χ4n) is 3.85. The van der Waals surface area contributed by atoms with Crippen LogP contribution in [0.3, 0.4) is 0 Å². The van der Waals surface area contributed by atoms with Crippen LogP contribution in [0, 0.1) is 0 Å². The van der Waals surface area contributed by atoms with Crippen molar-refractivity contribution in [3.63, 3.8) is 0 Å². The summed E-state index contributed by atoms with van der Waals surface area (Å²) in [6.07, 6.45) is 3.58. The zero-order valence-corrected chi connectivity index (χ0v) is 16.2. The van der Waals surface area contributed by atoms with Gasteiger partial charge in [0.25, 0.3) is 5.91 Å². The number of fused-ring (bicyclic) bond motifs is 2. The molecule has 1 aliphatic rings. The predicted molar refractivity (Wildman–Crippen MR) is 108 cm³/mol. The van der Waals surface area contributed by atoms with Gasteiger partial charge in [-0.1, -0.05) is 6.07 Å². The van der Waals surface area contributed by atoms with Crippen molar-refractivity contribution in [2.75, 3.05) is 6.61 Å². The lowest BCUT2D eigenvalue weighted by Crippen LogP contribution is -2.50. The molecule has 1 atom stereocenters. The van der Waals surface area contributed by atoms with E-state index in [1.54, 1.807) is 54.9 Å². The molecule has 31 heavy (non-hydrogen) atoms. The van der Waals surface area contributed by atoms with Crippen molar-refractivity contribution in [1.29, 1.82) is 0 Å². The number of oxazole rings is 1. The summed E-state index contributed by atoms with van der Waals surface area (Å²) in [6.45, 7) is -0.335. The molecule has 2 N–H and O–H groups in total. The number of hydrogen-bond donors (Lipinski definition) is 2. The van der Waals surface area contributed by atoms with Crippen LogP contribution >= 0.6 is 0 Å². The number of H-pyrrole nitrogens is 1. The molecular formula is C22H17FN4O4. The van der Waals surface area contributed by atoms with Crippen molar-refractivity contribution < 1.29 is 18.3 Å². The molecule has 0 fully saturated rings. The van der Waals surface area contributed by atoms with Crippen LogP contribution in [-0.4, -0.2) is 27.5 Å². The van der Waals surface area contributed by atoms with E-state index in [1.165, 1.54) is 0 Å². The van der Waals surface area contributed by atoms with Gasteiger partial charge in [0.2, 0.25) is 0 Å². The second-order valence-corrected chi connectivity index (χ2v) is 7.21. The largest absolute Gasteiger partial charge is 0.491 e. The second kappa shape index (κ2) is 7.35. The average Bonchev–Trinajstić information content (AvgIpc) is 3.18. The number of ether oxygens (including phenoxy) is 1. The maximum atomic E-state index is 13.3. The third-order valence-electron chi connectivity index (χ3n) is 5.37. The second-order valence-electron chi connectivity index (χ2n) is 7.21. The lowest BCUT2D eigenvalue weighted by molar-refractivity contribution is 0.0883. The number of aromatic amines is 1. The summed E-state index contributed by atoms with van der Waals surface area (Å²) in [6, 6.07) is 11.5. The van der Waals surface area contributed by atoms with Gasteiger partial charge in [0.15, 0.2) is 5.58 Å². The van der Waals surface area contributed by atoms with Gasteiger partial charge in [0, 0.05) is 29.9 Å². The number of aromatic nitrogens is 3. The summed E-state index contributed by atoms with van der Waals surface area (Å²) >= 11 is 0. The van der Waals surface area contributed by atoms with Crippen molar-refractivity contribution in [1.82, 2.24) is 20.3 Å². The molecular weight excluding hydrogens is 403 g/mol. The molecule has 5 rings (SSSR count). The molecule has 1 aliphatic heterocycles. The number of amides is 1. The molecule has 0 radical (unpaired) electrons. The smallest absolute Gasteiger partial charge is 0.417 e. The van der Waals surface area contributed by atoms with Crippen LogP contribution in [0.15, 0.2) is 64.1 Å². The number of carbonyl (C=O) groups excluding carboxylic acids is 1. The number of nitrogens with one attached hydrogen (secondary N) is 2. The quantitative estimate of drug-likeness (QED) is 0.525. The molecule has 156 valence electrons. The average molecular weight is 420 g/mol. The van der Waals surface area contributed by atoms with Gasteiger partial charge >= 0.3 is 5.76 Å². The molecule has 1 aromatic carbocycles. The number of alkyl halides is 1. The van der Waals surface area contributed by atoms with E-state index in [1.807, 2.05) is 0 Å². The standard InChI is InChI=1S/C22H17FN4O4/c23-11-15-5-4-14(12-25-15)22(7-9-30-18-2-1-8-24-19(18)22)27-20(28)13-3-6-17-16(10-13)26-21(29)31-17/h1-6,8,10,12H,7,9,11H2,(H,26,29)(H,27,28). The van der Waals surface area contributed by atoms with Gasteiger partial charge in [-0.2, -0.15) is 0 Å². The number of nitrogens with zero attached hydrogens (tertiary/aromatic N) is 2. The third kappa shape index (κ3) is 3.24. The minimum absolute atomic E-state index is 0.299. The topological polar surface area (TPSA) is 110 Å². The Morgan fingerprint density at radius 2 is 2.13 bits per heavy atom. The normalized spacial score (nSPS) is 17.7. The summed E-state index contributed by atoms with van der Waals surface area (Å²) in [7, 11) is 0. The Hall–Kier alpha value is -4.01. The van der Waals surface area contributed by atoms with E-state index in [4.69, 9.17) is 9.15 Å². The molecule has 0 saturated heterocycles. The highest BCUT2D eigenvalue weighted by Crippen LogP contribution is 2.40. The molecule has 1 unspecified atom stereocenters. The first kappa shape index (κ1) is 19.0. The lowest BCUT2D eigenvalue weighted by Gasteiger charge is -2.38. The Bertz CT molecular complexity index is 1330. The molecule has 0 saturated carbocycles. The summed E-state index contributed by atoms with van der Waals surface area (Å²) in [5.74, 6) is -0.416. The molecule has 8 nitrogen and oxygen atoms in total. The number of hydrogen-bond acceptors (Lipinski definition) is 6. The third-order valence-corrected chi connectivity index (χ3v) is 5.37. The monoisotopic (exact) mass is 420 g/mol. The van der Waals surface area contributed by atoms with Crippen LogP contribution in [0.5, 0.6) is 5.75 Å². The minimum atomic E-state index is -1.02. The number of halogens is 1. The van der Waals surface area contributed by atoms with Gasteiger partial charge in [-0.15, -0.1) is 0 Å². The summed E-state index contributed by atoms with van der Waals surface area (Å²) in [4.78, 5) is 35.9. The van der Waals surface area contributed by atoms with E-state index < -0.39 is 18.0 Å². The van der Waals surface area contributed by atoms with Crippen LogP contribution in [0.4, 0.5) is 4.39 Å². The van der Waals surface area contributed by atoms with E-state index in [9.17, 15) is 14.0 Å². The summed E-state index contributed by atoms with van der Waals surface area (Å²) < 4.78 is 23.7. The van der Waals surface area contributed by atoms with E-state index >= 15 is 0 Å². The molecule has 0 bridgehead atoms. The number of benzene rings is 1. The number of carbonyl (C=O) groups is 1. The van der Waals surface area contributed by atoms with Gasteiger partial charge in [-0.05, 0) is 36.4 Å². The van der Waals surface area contributed by atoms with Gasteiger partial charge in [0.1, 0.15) is 23.7 Å². The van der Waals surface area contributed by atoms with E-state index in [0.717, 1.165) is 0 Å². The van der Waals surface area contributed by atoms with Crippen LogP contribution in [0.25, 0.3) is 11.1 Å². The first-order chi connectivity index (χ1) is 15.1. The highest BCUT2D eigenvalue weighted by atomic mass is 19.1. The van der Waals surface area contributed by atoms with Gasteiger partial charge in [-0.25, -0.2) is 9.18 Å². The van der Waals surface area contributed by atoms with Crippen molar-refractivity contribution in [3.8, 4) is 5.75 Å². The molecule has 9 heteroatoms. The Labute approximate surface area is 175 Å². The first-order valence-electron chi connectivity index (χ1n) is 9.64. The van der Waals surface area contributed by atoms with E-state index in [0.29, 0.717) is 52.4 Å². The molecule has 0 aliphatic carbocycles. The first-order valence-corrected chi connectivity index (χ1v) is 9.64. The zero-order valence-electron chi connectivity index (χ0n) is 16.2. The molecule has 1 amide bonds. The van der Waals surface area contributed by atoms with Crippen molar-refractivity contribution in [3.05, 3.63) is 87.9 Å². The Morgan fingerprint density at radius 1 is 1.23 bits per heavy atom. The Morgan fingerprint density at radius 3 is 2.94 bits per heavy atom. The van der Waals surface area contributed by atoms with Crippen molar-refractivity contribution >= 4 is 17.0 Å². The lowest BCUT2D eigenvalue weighted by atomic mass is 9.81. The molecule has 0 spiro atoms. The summed E-state index contributed by atoms with van der Waals surface area (Å²) in [5, 5.41) is 3.09. The van der Waals surface area contributed by atoms with Crippen LogP contribution in [-0.2, 0) is 12.2 Å². The maximum Gasteiger partial charge on any atom is 0.417 e. The highest BCUT2D eigenvalue weighted by molar-refractivity contribution is 5.97. The maximum absolute atomic E-state index is 13.3. The number of rotatable bonds is 4. The van der Waals surface area contributed by atoms with Crippen LogP contribution < -0.4 is 15.8 Å². The zero-order chi connectivity index (χ0) is 21.4. The summed E-state index contributed by atoms with van der Waals surface area (Å²) in [5.41, 5.74) is 1.61. The van der Waals surface area contributed by atoms with Crippen LogP contribution in [0.2, 0.25) is 0 Å². The fraction of sp³-hybridized carbons (Fsp3) is 0.182. The predicted octanol–water partition coefficient (Wildman–Crippen LogP) is 2.84. The molecule has 4 heterocycles. The molecule has 3 aromatic heterocycles. The van der Waals surface area contributed by atoms with E-state index in [2.05, 4.69) is 20.3 Å². The minimum Gasteiger partial charge on any atom is -0.491 e.